The molecule has 3 aromatic carbocycles. The summed E-state index contributed by atoms with van der Waals surface area (Å²) in [5.74, 6) is 1.82. The number of fused-ring (bicyclic) bond motifs is 3. The lowest BCUT2D eigenvalue weighted by atomic mass is 9.96. The van der Waals surface area contributed by atoms with Gasteiger partial charge in [-0.2, -0.15) is 5.10 Å². The largest absolute Gasteiger partial charge is 0.493 e. The van der Waals surface area contributed by atoms with Crippen molar-refractivity contribution in [2.45, 2.75) is 18.7 Å². The molecule has 0 bridgehead atoms. The second kappa shape index (κ2) is 7.37. The molecule has 2 aliphatic rings. The third-order valence-corrected chi connectivity index (χ3v) is 5.58. The summed E-state index contributed by atoms with van der Waals surface area (Å²) in [4.78, 5) is 0. The molecule has 30 heavy (non-hydrogen) atoms. The number of nitrogens with zero attached hydrogens (tertiary/aromatic N) is 2. The average Bonchev–Trinajstić information content (AvgIpc) is 3.24. The van der Waals surface area contributed by atoms with Crippen molar-refractivity contribution in [3.8, 4) is 17.2 Å². The van der Waals surface area contributed by atoms with E-state index in [-0.39, 0.29) is 11.9 Å². The maximum Gasteiger partial charge on any atom is 0.217 e. The van der Waals surface area contributed by atoms with E-state index in [0.717, 1.165) is 28.2 Å². The van der Waals surface area contributed by atoms with Gasteiger partial charge in [-0.25, -0.2) is 9.40 Å². The fourth-order valence-electron chi connectivity index (χ4n) is 4.16. The van der Waals surface area contributed by atoms with Crippen molar-refractivity contribution in [2.75, 3.05) is 14.2 Å². The summed E-state index contributed by atoms with van der Waals surface area (Å²) in [6.07, 6.45) is 0.224. The van der Waals surface area contributed by atoms with Gasteiger partial charge in [0.2, 0.25) is 6.23 Å². The predicted octanol–water partition coefficient (Wildman–Crippen LogP) is 5.09. The Morgan fingerprint density at radius 1 is 0.933 bits per heavy atom. The van der Waals surface area contributed by atoms with Crippen LogP contribution >= 0.6 is 0 Å². The number of rotatable bonds is 4. The molecule has 2 atom stereocenters. The normalized spacial score (nSPS) is 19.4. The standard InChI is InChI=1S/C24H21FN2O3/c1-28-22-9-5-7-18(23(22)29-2)24-27-20(17-6-3-4-8-21(17)30-24)14-19(26-27)15-10-12-16(25)13-11-15/h3-13,20,24H,14H2,1-2H3/t20-,24+/m1/s1. The minimum absolute atomic E-state index is 0.0101. The molecule has 0 aliphatic carbocycles. The second-order valence-electron chi connectivity index (χ2n) is 7.24. The van der Waals surface area contributed by atoms with Crippen LogP contribution in [0.2, 0.25) is 0 Å². The van der Waals surface area contributed by atoms with Gasteiger partial charge in [0.1, 0.15) is 11.6 Å². The van der Waals surface area contributed by atoms with E-state index < -0.39 is 6.23 Å². The van der Waals surface area contributed by atoms with Crippen molar-refractivity contribution in [1.82, 2.24) is 5.01 Å². The molecule has 3 aromatic rings. The van der Waals surface area contributed by atoms with Gasteiger partial charge in [-0.15, -0.1) is 0 Å². The van der Waals surface area contributed by atoms with E-state index in [0.29, 0.717) is 17.9 Å². The van der Waals surface area contributed by atoms with Crippen LogP contribution in [0.5, 0.6) is 17.2 Å². The van der Waals surface area contributed by atoms with Crippen LogP contribution in [0.1, 0.15) is 35.4 Å². The fraction of sp³-hybridized carbons (Fsp3) is 0.208. The topological polar surface area (TPSA) is 43.3 Å². The van der Waals surface area contributed by atoms with Crippen molar-refractivity contribution < 1.29 is 18.6 Å². The number of ether oxygens (including phenoxy) is 3. The minimum Gasteiger partial charge on any atom is -0.493 e. The molecule has 0 fully saturated rings. The van der Waals surface area contributed by atoms with Crippen molar-refractivity contribution >= 4 is 5.71 Å². The Labute approximate surface area is 174 Å². The van der Waals surface area contributed by atoms with E-state index in [1.807, 2.05) is 41.4 Å². The van der Waals surface area contributed by atoms with E-state index in [9.17, 15) is 4.39 Å². The summed E-state index contributed by atoms with van der Waals surface area (Å²) < 4.78 is 30.9. The van der Waals surface area contributed by atoms with Crippen LogP contribution in [-0.2, 0) is 0 Å². The highest BCUT2D eigenvalue weighted by Crippen LogP contribution is 2.49. The Balaban J connectivity index is 1.62. The molecule has 0 spiro atoms. The zero-order chi connectivity index (χ0) is 20.7. The summed E-state index contributed by atoms with van der Waals surface area (Å²) in [6, 6.07) is 20.2. The Morgan fingerprint density at radius 3 is 2.47 bits per heavy atom. The first-order valence-electron chi connectivity index (χ1n) is 9.78. The van der Waals surface area contributed by atoms with Crippen LogP contribution in [-0.4, -0.2) is 24.9 Å². The van der Waals surface area contributed by atoms with E-state index in [2.05, 4.69) is 6.07 Å². The Bertz CT molecular complexity index is 1110. The monoisotopic (exact) mass is 404 g/mol. The first kappa shape index (κ1) is 18.5. The highest BCUT2D eigenvalue weighted by Gasteiger charge is 2.42. The molecule has 152 valence electrons. The van der Waals surface area contributed by atoms with Crippen molar-refractivity contribution in [3.63, 3.8) is 0 Å². The van der Waals surface area contributed by atoms with Gasteiger partial charge >= 0.3 is 0 Å². The number of methoxy groups -OCH3 is 2. The molecule has 5 nitrogen and oxygen atoms in total. The van der Waals surface area contributed by atoms with Crippen LogP contribution in [0.25, 0.3) is 0 Å². The lowest BCUT2D eigenvalue weighted by Gasteiger charge is -2.38. The number of benzene rings is 3. The van der Waals surface area contributed by atoms with E-state index in [1.165, 1.54) is 12.1 Å². The van der Waals surface area contributed by atoms with Gasteiger partial charge in [0.15, 0.2) is 11.5 Å². The van der Waals surface area contributed by atoms with Crippen molar-refractivity contribution in [1.29, 1.82) is 0 Å². The summed E-state index contributed by atoms with van der Waals surface area (Å²) in [6.45, 7) is 0. The van der Waals surface area contributed by atoms with E-state index >= 15 is 0 Å². The molecule has 0 amide bonds. The first-order valence-corrected chi connectivity index (χ1v) is 9.78. The highest BCUT2D eigenvalue weighted by atomic mass is 19.1. The molecular formula is C24H21FN2O3. The predicted molar refractivity (Wildman–Crippen MR) is 111 cm³/mol. The van der Waals surface area contributed by atoms with Crippen molar-refractivity contribution in [2.24, 2.45) is 5.10 Å². The molecule has 5 rings (SSSR count). The van der Waals surface area contributed by atoms with E-state index in [1.54, 1.807) is 26.4 Å². The number of halogens is 1. The first-order chi connectivity index (χ1) is 14.7. The smallest absolute Gasteiger partial charge is 0.217 e. The summed E-state index contributed by atoms with van der Waals surface area (Å²) in [7, 11) is 3.23. The quantitative estimate of drug-likeness (QED) is 0.608. The molecule has 0 unspecified atom stereocenters. The van der Waals surface area contributed by atoms with Crippen LogP contribution in [0, 0.1) is 5.82 Å². The summed E-state index contributed by atoms with van der Waals surface area (Å²) >= 11 is 0. The number of para-hydroxylation sites is 2. The Kier molecular flexibility index (Phi) is 4.54. The molecule has 6 heteroatoms. The van der Waals surface area contributed by atoms with Gasteiger partial charge in [-0.1, -0.05) is 36.4 Å². The lowest BCUT2D eigenvalue weighted by molar-refractivity contribution is -0.0205. The molecule has 2 heterocycles. The van der Waals surface area contributed by atoms with Crippen molar-refractivity contribution in [3.05, 3.63) is 89.2 Å². The molecule has 0 saturated heterocycles. The SMILES string of the molecule is COc1cccc([C@@H]2Oc3ccccc3[C@H]3CC(c4ccc(F)cc4)=NN32)c1OC. The Morgan fingerprint density at radius 2 is 1.70 bits per heavy atom. The molecule has 0 aromatic heterocycles. The van der Waals surface area contributed by atoms with Gasteiger partial charge in [0, 0.05) is 12.0 Å². The van der Waals surface area contributed by atoms with Crippen LogP contribution in [0.15, 0.2) is 71.8 Å². The molecule has 2 aliphatic heterocycles. The second-order valence-corrected chi connectivity index (χ2v) is 7.24. The summed E-state index contributed by atoms with van der Waals surface area (Å²) in [5, 5.41) is 6.87. The highest BCUT2D eigenvalue weighted by molar-refractivity contribution is 6.01. The number of hydrogen-bond acceptors (Lipinski definition) is 5. The number of hydrogen-bond donors (Lipinski definition) is 0. The van der Waals surface area contributed by atoms with E-state index in [4.69, 9.17) is 19.3 Å². The maximum atomic E-state index is 13.4. The molecular weight excluding hydrogens is 383 g/mol. The summed E-state index contributed by atoms with van der Waals surface area (Å²) in [5.41, 5.74) is 3.71. The zero-order valence-electron chi connectivity index (χ0n) is 16.7. The fourth-order valence-corrected chi connectivity index (χ4v) is 4.16. The van der Waals surface area contributed by atoms with Gasteiger partial charge in [0.05, 0.1) is 31.5 Å². The lowest BCUT2D eigenvalue weighted by Crippen LogP contribution is -2.34. The van der Waals surface area contributed by atoms with Crippen LogP contribution < -0.4 is 14.2 Å². The van der Waals surface area contributed by atoms with Crippen LogP contribution in [0.3, 0.4) is 0 Å². The van der Waals surface area contributed by atoms with Gasteiger partial charge in [-0.3, -0.25) is 0 Å². The molecule has 0 radical (unpaired) electrons. The van der Waals surface area contributed by atoms with Crippen LogP contribution in [0.4, 0.5) is 4.39 Å². The molecule has 0 N–H and O–H groups in total. The maximum absolute atomic E-state index is 13.4. The minimum atomic E-state index is -0.479. The third kappa shape index (κ3) is 2.96. The van der Waals surface area contributed by atoms with Gasteiger partial charge < -0.3 is 14.2 Å². The van der Waals surface area contributed by atoms with Gasteiger partial charge in [0.25, 0.3) is 0 Å². The Hall–Kier alpha value is -3.54. The zero-order valence-corrected chi connectivity index (χ0v) is 16.7. The molecule has 0 saturated carbocycles. The van der Waals surface area contributed by atoms with Gasteiger partial charge in [-0.05, 0) is 35.9 Å². The number of hydrazone groups is 1. The average molecular weight is 404 g/mol. The third-order valence-electron chi connectivity index (χ3n) is 5.58.